The third kappa shape index (κ3) is 3.37. The van der Waals surface area contributed by atoms with Crippen LogP contribution >= 0.6 is 23.1 Å². The zero-order valence-corrected chi connectivity index (χ0v) is 12.4. The van der Waals surface area contributed by atoms with Gasteiger partial charge in [-0.1, -0.05) is 17.8 Å². The van der Waals surface area contributed by atoms with Crippen molar-refractivity contribution in [2.45, 2.75) is 5.03 Å². The van der Waals surface area contributed by atoms with Crippen LogP contribution in [0.1, 0.15) is 0 Å². The lowest BCUT2D eigenvalue weighted by molar-refractivity contribution is -0.113. The molecule has 0 radical (unpaired) electrons. The van der Waals surface area contributed by atoms with E-state index in [-0.39, 0.29) is 17.5 Å². The number of halogens is 1. The quantitative estimate of drug-likeness (QED) is 0.590. The number of nitrogens with one attached hydrogen (secondary N) is 1. The van der Waals surface area contributed by atoms with Gasteiger partial charge < -0.3 is 5.32 Å². The number of aromatic nitrogens is 2. The largest absolute Gasteiger partial charge is 0.325 e. The predicted molar refractivity (Wildman–Crippen MR) is 83.2 cm³/mol. The Balaban J connectivity index is 1.65. The van der Waals surface area contributed by atoms with Crippen LogP contribution in [0.15, 0.2) is 47.1 Å². The number of anilines is 1. The summed E-state index contributed by atoms with van der Waals surface area (Å²) in [5.41, 5.74) is 1.33. The van der Waals surface area contributed by atoms with E-state index in [1.165, 1.54) is 30.2 Å². The van der Waals surface area contributed by atoms with Gasteiger partial charge in [0.25, 0.3) is 0 Å². The van der Waals surface area contributed by atoms with Gasteiger partial charge in [0.05, 0.1) is 16.0 Å². The Bertz CT molecular complexity index is 790. The zero-order valence-electron chi connectivity index (χ0n) is 10.7. The topological polar surface area (TPSA) is 54.9 Å². The molecule has 3 aromatic rings. The van der Waals surface area contributed by atoms with Gasteiger partial charge in [0.2, 0.25) is 5.91 Å². The number of hydrogen-bond acceptors (Lipinski definition) is 5. The van der Waals surface area contributed by atoms with Crippen molar-refractivity contribution in [3.63, 3.8) is 0 Å². The fraction of sp³-hybridized carbons (Fsp3) is 0.0714. The highest BCUT2D eigenvalue weighted by Crippen LogP contribution is 2.28. The van der Waals surface area contributed by atoms with Crippen molar-refractivity contribution in [3.05, 3.63) is 47.9 Å². The molecule has 1 amide bonds. The van der Waals surface area contributed by atoms with Crippen molar-refractivity contribution >= 4 is 44.9 Å². The second-order valence-electron chi connectivity index (χ2n) is 4.16. The van der Waals surface area contributed by atoms with Crippen LogP contribution in [0.4, 0.5) is 10.1 Å². The van der Waals surface area contributed by atoms with Crippen LogP contribution in [0.25, 0.3) is 10.2 Å². The van der Waals surface area contributed by atoms with Crippen molar-refractivity contribution in [2.75, 3.05) is 11.1 Å². The van der Waals surface area contributed by atoms with Crippen LogP contribution in [0, 0.1) is 5.82 Å². The Morgan fingerprint density at radius 2 is 2.24 bits per heavy atom. The first kappa shape index (κ1) is 14.0. The highest BCUT2D eigenvalue weighted by Gasteiger charge is 2.09. The summed E-state index contributed by atoms with van der Waals surface area (Å²) in [6, 6.07) is 7.73. The molecule has 0 atom stereocenters. The first-order valence-corrected chi connectivity index (χ1v) is 7.95. The molecule has 21 heavy (non-hydrogen) atoms. The minimum absolute atomic E-state index is 0.200. The summed E-state index contributed by atoms with van der Waals surface area (Å²) in [4.78, 5) is 20.2. The van der Waals surface area contributed by atoms with E-state index >= 15 is 0 Å². The van der Waals surface area contributed by atoms with Gasteiger partial charge in [-0.05, 0) is 29.6 Å². The molecule has 106 valence electrons. The number of fused-ring (bicyclic) bond motifs is 1. The summed E-state index contributed by atoms with van der Waals surface area (Å²) in [5, 5.41) is 5.38. The number of hydrogen-bond donors (Lipinski definition) is 1. The molecule has 0 bridgehead atoms. The van der Waals surface area contributed by atoms with E-state index < -0.39 is 0 Å². The lowest BCUT2D eigenvalue weighted by Gasteiger charge is -2.05. The Labute approximate surface area is 128 Å². The summed E-state index contributed by atoms with van der Waals surface area (Å²) in [5.74, 6) is -0.369. The molecule has 4 nitrogen and oxygen atoms in total. The summed E-state index contributed by atoms with van der Waals surface area (Å²) in [6.45, 7) is 0. The average molecular weight is 319 g/mol. The lowest BCUT2D eigenvalue weighted by atomic mass is 10.3. The second kappa shape index (κ2) is 6.19. The zero-order chi connectivity index (χ0) is 14.7. The Morgan fingerprint density at radius 3 is 3.10 bits per heavy atom. The predicted octanol–water partition coefficient (Wildman–Crippen LogP) is 3.56. The molecule has 2 heterocycles. The molecule has 7 heteroatoms. The van der Waals surface area contributed by atoms with Gasteiger partial charge in [-0.3, -0.25) is 4.79 Å². The van der Waals surface area contributed by atoms with Crippen LogP contribution in [-0.4, -0.2) is 21.6 Å². The van der Waals surface area contributed by atoms with E-state index in [1.807, 2.05) is 11.4 Å². The standard InChI is InChI=1S/C14H10FN3OS2/c15-9-2-1-3-10(6-9)18-12(19)7-21-14-13-11(4-5-20-13)16-8-17-14/h1-6,8H,7H2,(H,18,19). The van der Waals surface area contributed by atoms with Crippen LogP contribution in [0.3, 0.4) is 0 Å². The fourth-order valence-electron chi connectivity index (χ4n) is 1.77. The number of nitrogens with zero attached hydrogens (tertiary/aromatic N) is 2. The van der Waals surface area contributed by atoms with Crippen molar-refractivity contribution in [1.29, 1.82) is 0 Å². The minimum Gasteiger partial charge on any atom is -0.325 e. The molecule has 0 unspecified atom stereocenters. The van der Waals surface area contributed by atoms with E-state index in [1.54, 1.807) is 23.5 Å². The SMILES string of the molecule is O=C(CSc1ncnc2ccsc12)Nc1cccc(F)c1. The van der Waals surface area contributed by atoms with Crippen molar-refractivity contribution in [3.8, 4) is 0 Å². The van der Waals surface area contributed by atoms with Crippen LogP contribution in [0.2, 0.25) is 0 Å². The summed E-state index contributed by atoms with van der Waals surface area (Å²) < 4.78 is 14.0. The van der Waals surface area contributed by atoms with Crippen LogP contribution < -0.4 is 5.32 Å². The Kier molecular flexibility index (Phi) is 4.12. The summed E-state index contributed by atoms with van der Waals surface area (Å²) in [6.07, 6.45) is 1.49. The number of thiophene rings is 1. The molecule has 0 aliphatic heterocycles. The van der Waals surface area contributed by atoms with Crippen molar-refractivity contribution < 1.29 is 9.18 Å². The number of carbonyl (C=O) groups is 1. The molecular weight excluding hydrogens is 309 g/mol. The van der Waals surface area contributed by atoms with Crippen molar-refractivity contribution in [1.82, 2.24) is 9.97 Å². The maximum atomic E-state index is 13.0. The van der Waals surface area contributed by atoms with Gasteiger partial charge >= 0.3 is 0 Å². The number of rotatable bonds is 4. The monoisotopic (exact) mass is 319 g/mol. The summed E-state index contributed by atoms with van der Waals surface area (Å²) in [7, 11) is 0. The lowest BCUT2D eigenvalue weighted by Crippen LogP contribution is -2.14. The van der Waals surface area contributed by atoms with E-state index in [0.29, 0.717) is 5.69 Å². The van der Waals surface area contributed by atoms with Crippen LogP contribution in [0.5, 0.6) is 0 Å². The van der Waals surface area contributed by atoms with E-state index in [9.17, 15) is 9.18 Å². The molecule has 0 aliphatic carbocycles. The fourth-order valence-corrected chi connectivity index (χ4v) is 3.51. The molecule has 2 aromatic heterocycles. The van der Waals surface area contributed by atoms with Gasteiger partial charge in [0.1, 0.15) is 17.2 Å². The molecule has 0 spiro atoms. The third-order valence-corrected chi connectivity index (χ3v) is 4.69. The molecule has 1 N–H and O–H groups in total. The molecule has 3 rings (SSSR count). The number of carbonyl (C=O) groups excluding carboxylic acids is 1. The Morgan fingerprint density at radius 1 is 1.33 bits per heavy atom. The van der Waals surface area contributed by atoms with Crippen molar-refractivity contribution in [2.24, 2.45) is 0 Å². The molecule has 0 saturated carbocycles. The van der Waals surface area contributed by atoms with Gasteiger partial charge in [0.15, 0.2) is 0 Å². The molecule has 1 aromatic carbocycles. The summed E-state index contributed by atoms with van der Waals surface area (Å²) >= 11 is 2.88. The minimum atomic E-state index is -0.378. The first-order valence-electron chi connectivity index (χ1n) is 6.09. The maximum absolute atomic E-state index is 13.0. The highest BCUT2D eigenvalue weighted by molar-refractivity contribution is 8.00. The van der Waals surface area contributed by atoms with E-state index in [4.69, 9.17) is 0 Å². The smallest absolute Gasteiger partial charge is 0.234 e. The second-order valence-corrected chi connectivity index (χ2v) is 6.04. The number of thioether (sulfide) groups is 1. The molecule has 0 saturated heterocycles. The van der Waals surface area contributed by atoms with Gasteiger partial charge in [0, 0.05) is 5.69 Å². The molecular formula is C14H10FN3OS2. The maximum Gasteiger partial charge on any atom is 0.234 e. The first-order chi connectivity index (χ1) is 10.2. The average Bonchev–Trinajstić information content (AvgIpc) is 2.94. The number of amides is 1. The van der Waals surface area contributed by atoms with Gasteiger partial charge in [-0.15, -0.1) is 11.3 Å². The van der Waals surface area contributed by atoms with Crippen LogP contribution in [-0.2, 0) is 4.79 Å². The van der Waals surface area contributed by atoms with E-state index in [0.717, 1.165) is 15.2 Å². The van der Waals surface area contributed by atoms with E-state index in [2.05, 4.69) is 15.3 Å². The third-order valence-electron chi connectivity index (χ3n) is 2.66. The Hall–Kier alpha value is -1.99. The van der Waals surface area contributed by atoms with Gasteiger partial charge in [-0.2, -0.15) is 0 Å². The van der Waals surface area contributed by atoms with Gasteiger partial charge in [-0.25, -0.2) is 14.4 Å². The number of benzene rings is 1. The molecule has 0 aliphatic rings. The molecule has 0 fully saturated rings. The normalized spacial score (nSPS) is 10.7. The highest BCUT2D eigenvalue weighted by atomic mass is 32.2.